The van der Waals surface area contributed by atoms with Crippen LogP contribution < -0.4 is 5.32 Å². The molecule has 114 valence electrons. The van der Waals surface area contributed by atoms with Gasteiger partial charge in [-0.25, -0.2) is 14.4 Å². The van der Waals surface area contributed by atoms with Gasteiger partial charge in [-0.15, -0.1) is 0 Å². The highest BCUT2D eigenvalue weighted by Crippen LogP contribution is 2.24. The summed E-state index contributed by atoms with van der Waals surface area (Å²) in [5.74, 6) is -1.55. The van der Waals surface area contributed by atoms with Gasteiger partial charge in [0.15, 0.2) is 0 Å². The predicted molar refractivity (Wildman–Crippen MR) is 68.2 cm³/mol. The van der Waals surface area contributed by atoms with Crippen LogP contribution in [-0.4, -0.2) is 65.9 Å². The van der Waals surface area contributed by atoms with E-state index in [1.165, 1.54) is 11.8 Å². The number of nitrogens with one attached hydrogen (secondary N) is 1. The topological polar surface area (TPSA) is 105 Å². The Balaban J connectivity index is 2.34. The number of hydrogen-bond acceptors (Lipinski definition) is 5. The lowest BCUT2D eigenvalue weighted by Gasteiger charge is -2.47. The van der Waals surface area contributed by atoms with E-state index < -0.39 is 36.2 Å². The second kappa shape index (κ2) is 6.56. The smallest absolute Gasteiger partial charge is 0.329 e. The lowest BCUT2D eigenvalue weighted by Crippen LogP contribution is -2.66. The van der Waals surface area contributed by atoms with Crippen LogP contribution in [0.4, 0.5) is 4.79 Å². The number of nitrogens with zero attached hydrogens (tertiary/aromatic N) is 1. The maximum atomic E-state index is 11.8. The molecule has 0 aromatic rings. The zero-order valence-corrected chi connectivity index (χ0v) is 11.8. The van der Waals surface area contributed by atoms with Crippen molar-refractivity contribution < 1.29 is 29.0 Å². The Morgan fingerprint density at radius 3 is 2.50 bits per heavy atom. The highest BCUT2D eigenvalue weighted by Gasteiger charge is 2.43. The normalized spacial score (nSPS) is 17.9. The summed E-state index contributed by atoms with van der Waals surface area (Å²) >= 11 is 0. The van der Waals surface area contributed by atoms with Crippen molar-refractivity contribution in [2.45, 2.75) is 32.4 Å². The summed E-state index contributed by atoms with van der Waals surface area (Å²) in [6.07, 6.45) is 0. The number of likely N-dealkylation sites (tertiary alicyclic amines) is 1. The zero-order valence-electron chi connectivity index (χ0n) is 11.8. The second-order valence-corrected chi connectivity index (χ2v) is 4.91. The molecule has 0 aromatic carbocycles. The molecule has 1 saturated heterocycles. The van der Waals surface area contributed by atoms with Gasteiger partial charge in [0.05, 0.1) is 19.7 Å². The molecule has 1 unspecified atom stereocenters. The first kappa shape index (κ1) is 16.2. The van der Waals surface area contributed by atoms with E-state index in [9.17, 15) is 14.4 Å². The van der Waals surface area contributed by atoms with E-state index in [0.717, 1.165) is 0 Å². The molecular formula is C12H20N2O6. The quantitative estimate of drug-likeness (QED) is 0.657. The molecule has 1 heterocycles. The van der Waals surface area contributed by atoms with E-state index in [2.05, 4.69) is 5.32 Å². The fourth-order valence-corrected chi connectivity index (χ4v) is 1.83. The summed E-state index contributed by atoms with van der Waals surface area (Å²) in [5, 5.41) is 11.0. The molecule has 1 rings (SSSR count). The van der Waals surface area contributed by atoms with E-state index in [0.29, 0.717) is 0 Å². The number of urea groups is 1. The number of esters is 1. The predicted octanol–water partition coefficient (Wildman–Crippen LogP) is -0.177. The summed E-state index contributed by atoms with van der Waals surface area (Å²) in [7, 11) is 0. The molecule has 1 fully saturated rings. The van der Waals surface area contributed by atoms with Crippen molar-refractivity contribution in [1.29, 1.82) is 0 Å². The maximum absolute atomic E-state index is 11.8. The molecule has 0 aromatic heterocycles. The molecule has 2 amide bonds. The van der Waals surface area contributed by atoms with Crippen LogP contribution in [0.5, 0.6) is 0 Å². The summed E-state index contributed by atoms with van der Waals surface area (Å²) in [6, 6.07) is -1.13. The van der Waals surface area contributed by atoms with Gasteiger partial charge in [0, 0.05) is 0 Å². The average molecular weight is 288 g/mol. The number of rotatable bonds is 6. The van der Waals surface area contributed by atoms with Crippen molar-refractivity contribution in [3.8, 4) is 0 Å². The summed E-state index contributed by atoms with van der Waals surface area (Å²) in [4.78, 5) is 35.0. The highest BCUT2D eigenvalue weighted by atomic mass is 16.5. The first-order chi connectivity index (χ1) is 9.27. The molecule has 0 bridgehead atoms. The molecule has 0 aliphatic carbocycles. The van der Waals surface area contributed by atoms with Gasteiger partial charge in [0.1, 0.15) is 18.2 Å². The Labute approximate surface area is 117 Å². The van der Waals surface area contributed by atoms with Crippen molar-refractivity contribution in [2.24, 2.45) is 0 Å². The van der Waals surface area contributed by atoms with Crippen LogP contribution in [0.2, 0.25) is 0 Å². The fraction of sp³-hybridized carbons (Fsp3) is 0.750. The van der Waals surface area contributed by atoms with E-state index in [-0.39, 0.29) is 19.7 Å². The Bertz CT molecular complexity index is 391. The molecule has 0 spiro atoms. The van der Waals surface area contributed by atoms with Crippen LogP contribution in [0.15, 0.2) is 0 Å². The number of hydrogen-bond donors (Lipinski definition) is 2. The van der Waals surface area contributed by atoms with Crippen molar-refractivity contribution in [1.82, 2.24) is 10.2 Å². The number of aliphatic carboxylic acids is 1. The van der Waals surface area contributed by atoms with E-state index in [1.807, 2.05) is 0 Å². The minimum atomic E-state index is -1.05. The Morgan fingerprint density at radius 1 is 1.40 bits per heavy atom. The number of amides is 2. The number of carboxylic acid groups (broad SMARTS) is 1. The van der Waals surface area contributed by atoms with E-state index in [4.69, 9.17) is 14.6 Å². The Kier molecular flexibility index (Phi) is 5.32. The molecular weight excluding hydrogens is 268 g/mol. The first-order valence-corrected chi connectivity index (χ1v) is 6.35. The van der Waals surface area contributed by atoms with Crippen LogP contribution in [0.3, 0.4) is 0 Å². The van der Waals surface area contributed by atoms with Gasteiger partial charge >= 0.3 is 18.0 Å². The standard InChI is InChI=1S/C12H20N2O6/c1-4-19-10(17)8(2)13-11(18)14-6-12(3,7-14)20-5-9(15)16/h8H,4-7H2,1-3H3,(H,13,18)(H,15,16). The average Bonchev–Trinajstić information content (AvgIpc) is 2.33. The van der Waals surface area contributed by atoms with Crippen molar-refractivity contribution in [3.63, 3.8) is 0 Å². The molecule has 1 aliphatic rings. The molecule has 20 heavy (non-hydrogen) atoms. The number of carbonyl (C=O) groups is 3. The number of ether oxygens (including phenoxy) is 2. The maximum Gasteiger partial charge on any atom is 0.329 e. The van der Waals surface area contributed by atoms with Crippen molar-refractivity contribution in [3.05, 3.63) is 0 Å². The summed E-state index contributed by atoms with van der Waals surface area (Å²) in [5.41, 5.74) is -0.650. The number of carboxylic acids is 1. The van der Waals surface area contributed by atoms with Gasteiger partial charge in [0.25, 0.3) is 0 Å². The van der Waals surface area contributed by atoms with Crippen LogP contribution in [0.1, 0.15) is 20.8 Å². The minimum Gasteiger partial charge on any atom is -0.480 e. The lowest BCUT2D eigenvalue weighted by molar-refractivity contribution is -0.159. The molecule has 0 radical (unpaired) electrons. The third kappa shape index (κ3) is 4.37. The van der Waals surface area contributed by atoms with Crippen LogP contribution in [0.25, 0.3) is 0 Å². The molecule has 1 aliphatic heterocycles. The van der Waals surface area contributed by atoms with Gasteiger partial charge in [-0.3, -0.25) is 0 Å². The van der Waals surface area contributed by atoms with E-state index in [1.54, 1.807) is 13.8 Å². The minimum absolute atomic E-state index is 0.254. The Morgan fingerprint density at radius 2 is 2.00 bits per heavy atom. The van der Waals surface area contributed by atoms with Gasteiger partial charge in [-0.05, 0) is 20.8 Å². The third-order valence-corrected chi connectivity index (χ3v) is 2.86. The van der Waals surface area contributed by atoms with Crippen molar-refractivity contribution in [2.75, 3.05) is 26.3 Å². The zero-order chi connectivity index (χ0) is 15.3. The molecule has 8 nitrogen and oxygen atoms in total. The molecule has 8 heteroatoms. The second-order valence-electron chi connectivity index (χ2n) is 4.91. The van der Waals surface area contributed by atoms with Crippen LogP contribution >= 0.6 is 0 Å². The monoisotopic (exact) mass is 288 g/mol. The first-order valence-electron chi connectivity index (χ1n) is 6.35. The van der Waals surface area contributed by atoms with E-state index >= 15 is 0 Å². The summed E-state index contributed by atoms with van der Waals surface area (Å²) in [6.45, 7) is 5.37. The van der Waals surface area contributed by atoms with Crippen molar-refractivity contribution >= 4 is 18.0 Å². The molecule has 2 N–H and O–H groups in total. The van der Waals surface area contributed by atoms with Gasteiger partial charge < -0.3 is 24.8 Å². The van der Waals surface area contributed by atoms with Crippen LogP contribution in [0, 0.1) is 0 Å². The van der Waals surface area contributed by atoms with Gasteiger partial charge in [0.2, 0.25) is 0 Å². The largest absolute Gasteiger partial charge is 0.480 e. The van der Waals surface area contributed by atoms with Gasteiger partial charge in [-0.2, -0.15) is 0 Å². The SMILES string of the molecule is CCOC(=O)C(C)NC(=O)N1CC(C)(OCC(=O)O)C1. The van der Waals surface area contributed by atoms with Gasteiger partial charge in [-0.1, -0.05) is 0 Å². The fourth-order valence-electron chi connectivity index (χ4n) is 1.83. The lowest BCUT2D eigenvalue weighted by atomic mass is 9.97. The van der Waals surface area contributed by atoms with Crippen LogP contribution in [-0.2, 0) is 19.1 Å². The molecule has 1 atom stereocenters. The summed E-state index contributed by atoms with van der Waals surface area (Å²) < 4.78 is 9.97. The number of carbonyl (C=O) groups excluding carboxylic acids is 2. The molecule has 0 saturated carbocycles. The third-order valence-electron chi connectivity index (χ3n) is 2.86. The highest BCUT2D eigenvalue weighted by molar-refractivity contribution is 5.83. The Hall–Kier alpha value is -1.83.